The molecule has 8 nitrogen and oxygen atoms in total. The average Bonchev–Trinajstić information content (AvgIpc) is 3.28. The number of aromatic nitrogens is 2. The lowest BCUT2D eigenvalue weighted by molar-refractivity contribution is -0.138. The number of likely N-dealkylation sites (tertiary alicyclic amines) is 1. The van der Waals surface area contributed by atoms with Gasteiger partial charge in [0.2, 0.25) is 5.91 Å². The molecule has 1 aromatic carbocycles. The molecule has 0 bridgehead atoms. The number of rotatable bonds is 5. The third kappa shape index (κ3) is 4.20. The van der Waals surface area contributed by atoms with Crippen molar-refractivity contribution in [3.63, 3.8) is 0 Å². The summed E-state index contributed by atoms with van der Waals surface area (Å²) < 4.78 is 16.9. The Bertz CT molecular complexity index is 883. The van der Waals surface area contributed by atoms with Crippen molar-refractivity contribution in [2.45, 2.75) is 50.5 Å². The van der Waals surface area contributed by atoms with E-state index in [9.17, 15) is 9.90 Å². The number of hydrogen-bond donors (Lipinski definition) is 1. The van der Waals surface area contributed by atoms with Gasteiger partial charge in [-0.05, 0) is 37.0 Å². The minimum absolute atomic E-state index is 0.0383. The van der Waals surface area contributed by atoms with E-state index in [1.54, 1.807) is 13.2 Å². The molecule has 8 heteroatoms. The number of carbonyl (C=O) groups is 1. The van der Waals surface area contributed by atoms with Gasteiger partial charge < -0.3 is 24.0 Å². The van der Waals surface area contributed by atoms with Gasteiger partial charge in [0.1, 0.15) is 11.4 Å². The Labute approximate surface area is 176 Å². The second kappa shape index (κ2) is 8.73. The van der Waals surface area contributed by atoms with Gasteiger partial charge in [-0.2, -0.15) is 4.98 Å². The topological polar surface area (TPSA) is 97.9 Å². The fourth-order valence-corrected chi connectivity index (χ4v) is 4.22. The number of methoxy groups -OCH3 is 1. The van der Waals surface area contributed by atoms with Crippen LogP contribution in [0.3, 0.4) is 0 Å². The monoisotopic (exact) mass is 415 g/mol. The van der Waals surface area contributed by atoms with E-state index < -0.39 is 5.60 Å². The number of phenolic OH excluding ortho intramolecular Hbond substituents is 1. The van der Waals surface area contributed by atoms with Crippen LogP contribution in [-0.4, -0.2) is 59.5 Å². The van der Waals surface area contributed by atoms with Gasteiger partial charge in [-0.25, -0.2) is 0 Å². The fraction of sp³-hybridized carbons (Fsp3) is 0.591. The molecular formula is C22H29N3O5. The van der Waals surface area contributed by atoms with Crippen LogP contribution < -0.4 is 0 Å². The van der Waals surface area contributed by atoms with E-state index in [1.165, 1.54) is 0 Å². The smallest absolute Gasteiger partial charge is 0.259 e. The van der Waals surface area contributed by atoms with Crippen molar-refractivity contribution in [1.82, 2.24) is 15.0 Å². The van der Waals surface area contributed by atoms with Crippen LogP contribution in [0.15, 0.2) is 22.7 Å². The number of nitrogens with zero attached hydrogens (tertiary/aromatic N) is 3. The van der Waals surface area contributed by atoms with Crippen LogP contribution >= 0.6 is 0 Å². The number of ether oxygens (including phenoxy) is 2. The zero-order chi connectivity index (χ0) is 21.1. The third-order valence-corrected chi connectivity index (χ3v) is 6.36. The van der Waals surface area contributed by atoms with E-state index >= 15 is 0 Å². The molecule has 2 saturated heterocycles. The van der Waals surface area contributed by atoms with Gasteiger partial charge in [0.25, 0.3) is 5.89 Å². The summed E-state index contributed by atoms with van der Waals surface area (Å²) in [5.74, 6) is 1.74. The van der Waals surface area contributed by atoms with Gasteiger partial charge in [-0.15, -0.1) is 0 Å². The molecule has 3 heterocycles. The Morgan fingerprint density at radius 2 is 2.03 bits per heavy atom. The van der Waals surface area contributed by atoms with Crippen molar-refractivity contribution in [1.29, 1.82) is 0 Å². The van der Waals surface area contributed by atoms with E-state index in [4.69, 9.17) is 14.0 Å². The van der Waals surface area contributed by atoms with Gasteiger partial charge in [0, 0.05) is 52.2 Å². The van der Waals surface area contributed by atoms with Crippen LogP contribution in [0.4, 0.5) is 0 Å². The van der Waals surface area contributed by atoms with Gasteiger partial charge >= 0.3 is 0 Å². The van der Waals surface area contributed by atoms with Crippen molar-refractivity contribution in [2.75, 3.05) is 33.4 Å². The van der Waals surface area contributed by atoms with Crippen molar-refractivity contribution in [2.24, 2.45) is 0 Å². The summed E-state index contributed by atoms with van der Waals surface area (Å²) in [6, 6.07) is 5.37. The molecule has 0 saturated carbocycles. The number of benzene rings is 1. The maximum atomic E-state index is 12.8. The number of aryl methyl sites for hydroxylation is 1. The normalized spacial score (nSPS) is 19.7. The van der Waals surface area contributed by atoms with Crippen LogP contribution in [-0.2, 0) is 26.3 Å². The molecule has 0 unspecified atom stereocenters. The Morgan fingerprint density at radius 3 is 2.70 bits per heavy atom. The first-order chi connectivity index (χ1) is 14.5. The van der Waals surface area contributed by atoms with Crippen molar-refractivity contribution < 1.29 is 23.9 Å². The standard InChI is InChI=1S/C22H29N3O5/c1-15-3-4-16(13-18(15)26)14-19(27)25-9-7-22(28-2,8-10-25)21-23-20(24-30-21)17-5-11-29-12-6-17/h3-4,13,17,26H,5-12,14H2,1-2H3. The molecule has 2 aromatic rings. The molecule has 0 aliphatic carbocycles. The number of phenols is 1. The first-order valence-electron chi connectivity index (χ1n) is 10.5. The van der Waals surface area contributed by atoms with Gasteiger partial charge in [-0.1, -0.05) is 17.3 Å². The van der Waals surface area contributed by atoms with Crippen molar-refractivity contribution in [3.8, 4) is 5.75 Å². The Hall–Kier alpha value is -2.45. The third-order valence-electron chi connectivity index (χ3n) is 6.36. The second-order valence-electron chi connectivity index (χ2n) is 8.22. The van der Waals surface area contributed by atoms with E-state index in [2.05, 4.69) is 10.1 Å². The zero-order valence-electron chi connectivity index (χ0n) is 17.6. The summed E-state index contributed by atoms with van der Waals surface area (Å²) >= 11 is 0. The molecular weight excluding hydrogens is 386 g/mol. The van der Waals surface area contributed by atoms with Crippen molar-refractivity contribution in [3.05, 3.63) is 41.0 Å². The summed E-state index contributed by atoms with van der Waals surface area (Å²) in [4.78, 5) is 19.3. The lowest BCUT2D eigenvalue weighted by Crippen LogP contribution is -2.46. The predicted octanol–water partition coefficient (Wildman–Crippen LogP) is 2.68. The molecule has 30 heavy (non-hydrogen) atoms. The van der Waals surface area contributed by atoms with E-state index in [1.807, 2.05) is 24.0 Å². The zero-order valence-corrected chi connectivity index (χ0v) is 17.6. The number of aromatic hydroxyl groups is 1. The van der Waals surface area contributed by atoms with Gasteiger partial charge in [0.15, 0.2) is 5.82 Å². The minimum Gasteiger partial charge on any atom is -0.508 e. The predicted molar refractivity (Wildman–Crippen MR) is 108 cm³/mol. The van der Waals surface area contributed by atoms with Crippen molar-refractivity contribution >= 4 is 5.91 Å². The molecule has 2 aliphatic heterocycles. The molecule has 1 N–H and O–H groups in total. The highest BCUT2D eigenvalue weighted by Gasteiger charge is 2.42. The number of hydrogen-bond acceptors (Lipinski definition) is 7. The number of carbonyl (C=O) groups excluding carboxylic acids is 1. The first-order valence-corrected chi connectivity index (χ1v) is 10.5. The van der Waals surface area contributed by atoms with Crippen LogP contribution in [0.5, 0.6) is 5.75 Å². The largest absolute Gasteiger partial charge is 0.508 e. The molecule has 0 spiro atoms. The molecule has 2 fully saturated rings. The lowest BCUT2D eigenvalue weighted by atomic mass is 9.90. The molecule has 2 aliphatic rings. The Balaban J connectivity index is 1.39. The highest BCUT2D eigenvalue weighted by atomic mass is 16.5. The van der Waals surface area contributed by atoms with Crippen LogP contribution in [0.2, 0.25) is 0 Å². The molecule has 0 atom stereocenters. The Kier molecular flexibility index (Phi) is 6.06. The van der Waals surface area contributed by atoms with Crippen LogP contribution in [0.25, 0.3) is 0 Å². The van der Waals surface area contributed by atoms with Gasteiger partial charge in [-0.3, -0.25) is 4.79 Å². The lowest BCUT2D eigenvalue weighted by Gasteiger charge is -2.38. The minimum atomic E-state index is -0.657. The highest BCUT2D eigenvalue weighted by molar-refractivity contribution is 5.79. The summed E-state index contributed by atoms with van der Waals surface area (Å²) in [6.07, 6.45) is 3.27. The number of amides is 1. The average molecular weight is 415 g/mol. The molecule has 1 aromatic heterocycles. The summed E-state index contributed by atoms with van der Waals surface area (Å²) in [6.45, 7) is 4.39. The highest BCUT2D eigenvalue weighted by Crippen LogP contribution is 2.37. The molecule has 0 radical (unpaired) electrons. The van der Waals surface area contributed by atoms with Crippen LogP contribution in [0.1, 0.15) is 54.4 Å². The van der Waals surface area contributed by atoms with E-state index in [0.717, 1.165) is 43.0 Å². The van der Waals surface area contributed by atoms with E-state index in [-0.39, 0.29) is 24.0 Å². The molecule has 4 rings (SSSR count). The number of piperidine rings is 1. The maximum absolute atomic E-state index is 12.8. The maximum Gasteiger partial charge on any atom is 0.259 e. The summed E-state index contributed by atoms with van der Waals surface area (Å²) in [7, 11) is 1.66. The summed E-state index contributed by atoms with van der Waals surface area (Å²) in [5.41, 5.74) is 0.952. The quantitative estimate of drug-likeness (QED) is 0.802. The van der Waals surface area contributed by atoms with Gasteiger partial charge in [0.05, 0.1) is 6.42 Å². The van der Waals surface area contributed by atoms with Crippen LogP contribution in [0, 0.1) is 6.92 Å². The fourth-order valence-electron chi connectivity index (χ4n) is 4.22. The molecule has 1 amide bonds. The Morgan fingerprint density at radius 1 is 1.30 bits per heavy atom. The summed E-state index contributed by atoms with van der Waals surface area (Å²) in [5, 5.41) is 14.1. The SMILES string of the molecule is COC1(c2nc(C3CCOCC3)no2)CCN(C(=O)Cc2ccc(C)c(O)c2)CC1. The first kappa shape index (κ1) is 20.8. The van der Waals surface area contributed by atoms with E-state index in [0.29, 0.717) is 31.8 Å². The second-order valence-corrected chi connectivity index (χ2v) is 8.22. The molecule has 162 valence electrons.